The first kappa shape index (κ1) is 25.0. The van der Waals surface area contributed by atoms with Gasteiger partial charge >= 0.3 is 5.97 Å². The van der Waals surface area contributed by atoms with Crippen molar-refractivity contribution in [3.8, 4) is 5.75 Å². The normalized spacial score (nSPS) is 16.9. The third-order valence-corrected chi connectivity index (χ3v) is 6.02. The number of ether oxygens (including phenoxy) is 2. The minimum atomic E-state index is -0.968. The highest BCUT2D eigenvalue weighted by Gasteiger charge is 2.47. The number of hydrogen-bond acceptors (Lipinski definition) is 6. The predicted octanol–water partition coefficient (Wildman–Crippen LogP) is 5.54. The number of esters is 1. The molecule has 3 aromatic carbocycles. The maximum Gasteiger partial charge on any atom is 0.338 e. The molecule has 1 atom stereocenters. The van der Waals surface area contributed by atoms with E-state index in [1.54, 1.807) is 68.4 Å². The van der Waals surface area contributed by atoms with E-state index in [9.17, 15) is 19.5 Å². The minimum Gasteiger partial charge on any atom is -0.507 e. The monoisotopic (exact) mass is 505 g/mol. The molecule has 0 bridgehead atoms. The highest BCUT2D eigenvalue weighted by Crippen LogP contribution is 2.43. The Bertz CT molecular complexity index is 1370. The average molecular weight is 506 g/mol. The number of benzene rings is 3. The summed E-state index contributed by atoms with van der Waals surface area (Å²) in [6, 6.07) is 18.8. The molecule has 1 amide bonds. The number of methoxy groups -OCH3 is 1. The van der Waals surface area contributed by atoms with Crippen LogP contribution in [0.15, 0.2) is 78.4 Å². The second-order valence-electron chi connectivity index (χ2n) is 8.43. The summed E-state index contributed by atoms with van der Waals surface area (Å²) in [5.41, 5.74) is 1.15. The second-order valence-corrected chi connectivity index (χ2v) is 8.84. The first-order chi connectivity index (χ1) is 17.2. The maximum absolute atomic E-state index is 13.4. The molecule has 0 aromatic heterocycles. The number of amides is 1. The molecule has 1 heterocycles. The van der Waals surface area contributed by atoms with Gasteiger partial charge in [-0.25, -0.2) is 4.79 Å². The van der Waals surface area contributed by atoms with Crippen LogP contribution in [0.25, 0.3) is 5.76 Å². The van der Waals surface area contributed by atoms with Gasteiger partial charge in [-0.05, 0) is 55.8 Å². The number of carbonyl (C=O) groups excluding carboxylic acids is 3. The Balaban J connectivity index is 1.91. The van der Waals surface area contributed by atoms with Crippen molar-refractivity contribution < 1.29 is 29.0 Å². The van der Waals surface area contributed by atoms with Crippen molar-refractivity contribution in [2.45, 2.75) is 26.0 Å². The van der Waals surface area contributed by atoms with E-state index < -0.39 is 29.5 Å². The third-order valence-electron chi connectivity index (χ3n) is 5.69. The van der Waals surface area contributed by atoms with Crippen LogP contribution >= 0.6 is 11.6 Å². The summed E-state index contributed by atoms with van der Waals surface area (Å²) in [5, 5.41) is 11.5. The van der Waals surface area contributed by atoms with E-state index in [1.807, 2.05) is 0 Å². The van der Waals surface area contributed by atoms with Gasteiger partial charge in [0.2, 0.25) is 0 Å². The van der Waals surface area contributed by atoms with Gasteiger partial charge in [-0.2, -0.15) is 0 Å². The molecular weight excluding hydrogens is 482 g/mol. The van der Waals surface area contributed by atoms with Crippen molar-refractivity contribution in [2.24, 2.45) is 0 Å². The van der Waals surface area contributed by atoms with Crippen molar-refractivity contribution in [3.05, 3.63) is 100 Å². The standard InChI is InChI=1S/C28H24ClNO6/c1-16(2)36-28(34)18-10-7-11-19(14-18)30-24(17-8-5-4-6-9-17)23(26(32)27(30)33)25(31)21-15-20(35-3)12-13-22(21)29/h4-16,24,31H,1-3H3/b25-23+. The Morgan fingerprint density at radius 2 is 1.72 bits per heavy atom. The van der Waals surface area contributed by atoms with Crippen molar-refractivity contribution in [2.75, 3.05) is 12.0 Å². The number of anilines is 1. The largest absolute Gasteiger partial charge is 0.507 e. The Hall–Kier alpha value is -4.10. The lowest BCUT2D eigenvalue weighted by Crippen LogP contribution is -2.29. The third kappa shape index (κ3) is 4.70. The van der Waals surface area contributed by atoms with Gasteiger partial charge in [0.1, 0.15) is 11.5 Å². The Labute approximate surface area is 213 Å². The Morgan fingerprint density at radius 1 is 1.00 bits per heavy atom. The Morgan fingerprint density at radius 3 is 2.39 bits per heavy atom. The van der Waals surface area contributed by atoms with Crippen molar-refractivity contribution in [1.29, 1.82) is 0 Å². The van der Waals surface area contributed by atoms with Gasteiger partial charge in [0.15, 0.2) is 0 Å². The van der Waals surface area contributed by atoms with Gasteiger partial charge in [0.25, 0.3) is 11.7 Å². The molecule has 1 N–H and O–H groups in total. The van der Waals surface area contributed by atoms with E-state index in [2.05, 4.69) is 0 Å². The van der Waals surface area contributed by atoms with Gasteiger partial charge in [0, 0.05) is 11.3 Å². The topological polar surface area (TPSA) is 93.1 Å². The van der Waals surface area contributed by atoms with Crippen LogP contribution in [0.3, 0.4) is 0 Å². The zero-order valence-corrected chi connectivity index (χ0v) is 20.7. The summed E-state index contributed by atoms with van der Waals surface area (Å²) in [5.74, 6) is -2.29. The molecule has 1 saturated heterocycles. The average Bonchev–Trinajstić information content (AvgIpc) is 3.14. The number of rotatable bonds is 6. The summed E-state index contributed by atoms with van der Waals surface area (Å²) in [4.78, 5) is 40.5. The number of hydrogen-bond donors (Lipinski definition) is 1. The van der Waals surface area contributed by atoms with Gasteiger partial charge in [-0.15, -0.1) is 0 Å². The van der Waals surface area contributed by atoms with Crippen LogP contribution in [-0.4, -0.2) is 36.0 Å². The molecule has 0 spiro atoms. The predicted molar refractivity (Wildman–Crippen MR) is 136 cm³/mol. The molecule has 0 radical (unpaired) electrons. The molecule has 1 fully saturated rings. The fourth-order valence-electron chi connectivity index (χ4n) is 4.07. The SMILES string of the molecule is COc1ccc(Cl)c(/C(O)=C2\C(=O)C(=O)N(c3cccc(C(=O)OC(C)C)c3)C2c2ccccc2)c1. The number of Topliss-reactive ketones (excluding diaryl/α,β-unsaturated/α-hetero) is 1. The minimum absolute atomic E-state index is 0.128. The first-order valence-electron chi connectivity index (χ1n) is 11.2. The van der Waals surface area contributed by atoms with Crippen molar-refractivity contribution in [3.63, 3.8) is 0 Å². The van der Waals surface area contributed by atoms with Crippen LogP contribution in [0.5, 0.6) is 5.75 Å². The molecule has 0 aliphatic carbocycles. The number of carbonyl (C=O) groups is 3. The Kier molecular flexibility index (Phi) is 7.12. The molecule has 36 heavy (non-hydrogen) atoms. The van der Waals surface area contributed by atoms with Crippen LogP contribution in [0, 0.1) is 0 Å². The number of aliphatic hydroxyl groups is 1. The van der Waals surface area contributed by atoms with E-state index in [1.165, 1.54) is 30.2 Å². The summed E-state index contributed by atoms with van der Waals surface area (Å²) in [6.07, 6.45) is -0.327. The van der Waals surface area contributed by atoms with Crippen LogP contribution in [0.4, 0.5) is 5.69 Å². The number of aliphatic hydroxyl groups excluding tert-OH is 1. The molecule has 3 aromatic rings. The molecule has 7 nitrogen and oxygen atoms in total. The van der Waals surface area contributed by atoms with Crippen LogP contribution < -0.4 is 9.64 Å². The van der Waals surface area contributed by atoms with Gasteiger partial charge in [-0.3, -0.25) is 14.5 Å². The fraction of sp³-hybridized carbons (Fsp3) is 0.179. The van der Waals surface area contributed by atoms with E-state index in [-0.39, 0.29) is 27.8 Å². The van der Waals surface area contributed by atoms with Gasteiger partial charge < -0.3 is 14.6 Å². The molecule has 1 unspecified atom stereocenters. The lowest BCUT2D eigenvalue weighted by atomic mass is 9.95. The lowest BCUT2D eigenvalue weighted by Gasteiger charge is -2.26. The summed E-state index contributed by atoms with van der Waals surface area (Å²) in [7, 11) is 1.47. The van der Waals surface area contributed by atoms with Crippen molar-refractivity contribution in [1.82, 2.24) is 0 Å². The quantitative estimate of drug-likeness (QED) is 0.204. The molecule has 8 heteroatoms. The van der Waals surface area contributed by atoms with Crippen molar-refractivity contribution >= 4 is 40.7 Å². The highest BCUT2D eigenvalue weighted by atomic mass is 35.5. The van der Waals surface area contributed by atoms with E-state index in [0.717, 1.165) is 0 Å². The second kappa shape index (κ2) is 10.3. The van der Waals surface area contributed by atoms with Crippen LogP contribution in [-0.2, 0) is 14.3 Å². The zero-order valence-electron chi connectivity index (χ0n) is 19.9. The molecule has 1 aliphatic rings. The number of halogens is 1. The van der Waals surface area contributed by atoms with E-state index >= 15 is 0 Å². The molecule has 1 aliphatic heterocycles. The van der Waals surface area contributed by atoms with E-state index in [4.69, 9.17) is 21.1 Å². The first-order valence-corrected chi connectivity index (χ1v) is 11.6. The molecule has 184 valence electrons. The smallest absolute Gasteiger partial charge is 0.338 e. The lowest BCUT2D eigenvalue weighted by molar-refractivity contribution is -0.132. The molecule has 4 rings (SSSR count). The molecule has 0 saturated carbocycles. The van der Waals surface area contributed by atoms with Crippen LogP contribution in [0.2, 0.25) is 5.02 Å². The maximum atomic E-state index is 13.4. The summed E-state index contributed by atoms with van der Waals surface area (Å²) in [6.45, 7) is 3.47. The summed E-state index contributed by atoms with van der Waals surface area (Å²) < 4.78 is 10.5. The highest BCUT2D eigenvalue weighted by molar-refractivity contribution is 6.52. The van der Waals surface area contributed by atoms with Gasteiger partial charge in [0.05, 0.1) is 35.4 Å². The summed E-state index contributed by atoms with van der Waals surface area (Å²) >= 11 is 6.34. The van der Waals surface area contributed by atoms with Gasteiger partial charge in [-0.1, -0.05) is 48.0 Å². The number of ketones is 1. The zero-order chi connectivity index (χ0) is 26.0. The number of nitrogens with zero attached hydrogens (tertiary/aromatic N) is 1. The molecular formula is C28H24ClNO6. The fourth-order valence-corrected chi connectivity index (χ4v) is 4.28. The van der Waals surface area contributed by atoms with Crippen LogP contribution in [0.1, 0.15) is 41.4 Å². The van der Waals surface area contributed by atoms with E-state index in [0.29, 0.717) is 17.0 Å².